The highest BCUT2D eigenvalue weighted by molar-refractivity contribution is 5.79. The number of nitrogens with two attached hydrogens (primary N) is 1. The first-order chi connectivity index (χ1) is 9.04. The number of nitrogens with zero attached hydrogens (tertiary/aromatic N) is 1. The second-order valence-corrected chi connectivity index (χ2v) is 3.93. The zero-order valence-corrected chi connectivity index (χ0v) is 11.0. The van der Waals surface area contributed by atoms with E-state index < -0.39 is 18.2 Å². The number of hydrogen-bond acceptors (Lipinski definition) is 5. The molecule has 0 aliphatic carbocycles. The molecule has 0 radical (unpaired) electrons. The van der Waals surface area contributed by atoms with Crippen molar-refractivity contribution in [1.82, 2.24) is 5.01 Å². The van der Waals surface area contributed by atoms with Gasteiger partial charge in [0.25, 0.3) is 0 Å². The molecule has 1 atom stereocenters. The van der Waals surface area contributed by atoms with Crippen LogP contribution in [0, 0.1) is 0 Å². The van der Waals surface area contributed by atoms with E-state index in [4.69, 9.17) is 15.3 Å². The molecule has 0 heterocycles. The molecule has 1 aromatic carbocycles. The molecule has 0 fully saturated rings. The molecule has 1 amide bonds. The summed E-state index contributed by atoms with van der Waals surface area (Å²) in [5, 5.41) is 0.775. The van der Waals surface area contributed by atoms with Crippen molar-refractivity contribution in [2.75, 3.05) is 13.7 Å². The van der Waals surface area contributed by atoms with E-state index in [1.807, 2.05) is 30.3 Å². The molecule has 0 unspecified atom stereocenters. The molecular formula is C13H18N2O4. The van der Waals surface area contributed by atoms with E-state index in [2.05, 4.69) is 0 Å². The third kappa shape index (κ3) is 4.97. The maximum atomic E-state index is 11.7. The fraction of sp³-hybridized carbons (Fsp3) is 0.385. The number of carbonyl (C=O) groups excluding carboxylic acids is 2. The number of rotatable bonds is 5. The van der Waals surface area contributed by atoms with Crippen molar-refractivity contribution < 1.29 is 19.1 Å². The number of hydrazine groups is 1. The van der Waals surface area contributed by atoms with E-state index in [0.717, 1.165) is 10.6 Å². The van der Waals surface area contributed by atoms with E-state index in [9.17, 15) is 9.59 Å². The minimum absolute atomic E-state index is 0.222. The summed E-state index contributed by atoms with van der Waals surface area (Å²) in [5.41, 5.74) is 0.869. The summed E-state index contributed by atoms with van der Waals surface area (Å²) in [4.78, 5) is 23.2. The summed E-state index contributed by atoms with van der Waals surface area (Å²) in [6.07, 6.45) is -1.53. The van der Waals surface area contributed by atoms with Crippen LogP contribution in [0.5, 0.6) is 0 Å². The SMILES string of the molecule is CCOC(=O)[C@@H](Cc1ccccc1)OC(=O)N(C)N. The molecule has 0 spiro atoms. The molecule has 0 aliphatic heterocycles. The number of ether oxygens (including phenoxy) is 2. The molecular weight excluding hydrogens is 248 g/mol. The predicted molar refractivity (Wildman–Crippen MR) is 69.0 cm³/mol. The molecule has 0 bridgehead atoms. The van der Waals surface area contributed by atoms with Gasteiger partial charge in [-0.15, -0.1) is 0 Å². The summed E-state index contributed by atoms with van der Waals surface area (Å²) in [7, 11) is 1.34. The topological polar surface area (TPSA) is 81.9 Å². The van der Waals surface area contributed by atoms with Gasteiger partial charge in [-0.3, -0.25) is 0 Å². The Bertz CT molecular complexity index is 420. The maximum Gasteiger partial charge on any atom is 0.424 e. The van der Waals surface area contributed by atoms with Crippen LogP contribution in [0.25, 0.3) is 0 Å². The van der Waals surface area contributed by atoms with Crippen LogP contribution in [-0.4, -0.2) is 36.8 Å². The Hall–Kier alpha value is -2.08. The highest BCUT2D eigenvalue weighted by Crippen LogP contribution is 2.09. The first-order valence-electron chi connectivity index (χ1n) is 5.94. The molecule has 6 heteroatoms. The smallest absolute Gasteiger partial charge is 0.424 e. The Morgan fingerprint density at radius 2 is 1.95 bits per heavy atom. The van der Waals surface area contributed by atoms with Crippen molar-refractivity contribution in [3.63, 3.8) is 0 Å². The Kier molecular flexibility index (Phi) is 5.81. The number of esters is 1. The molecule has 19 heavy (non-hydrogen) atoms. The molecule has 104 valence electrons. The van der Waals surface area contributed by atoms with Gasteiger partial charge in [0.1, 0.15) is 0 Å². The third-order valence-electron chi connectivity index (χ3n) is 2.34. The lowest BCUT2D eigenvalue weighted by Crippen LogP contribution is -2.40. The molecule has 1 rings (SSSR count). The fourth-order valence-electron chi connectivity index (χ4n) is 1.44. The van der Waals surface area contributed by atoms with E-state index in [1.165, 1.54) is 7.05 Å². The van der Waals surface area contributed by atoms with Crippen molar-refractivity contribution >= 4 is 12.1 Å². The van der Waals surface area contributed by atoms with Gasteiger partial charge in [-0.05, 0) is 12.5 Å². The average Bonchev–Trinajstić information content (AvgIpc) is 2.39. The Labute approximate surface area is 112 Å². The van der Waals surface area contributed by atoms with Crippen molar-refractivity contribution in [3.8, 4) is 0 Å². The lowest BCUT2D eigenvalue weighted by Gasteiger charge is -2.18. The van der Waals surface area contributed by atoms with Gasteiger partial charge in [-0.1, -0.05) is 30.3 Å². The van der Waals surface area contributed by atoms with E-state index in [1.54, 1.807) is 6.92 Å². The molecule has 2 N–H and O–H groups in total. The third-order valence-corrected chi connectivity index (χ3v) is 2.34. The second-order valence-electron chi connectivity index (χ2n) is 3.93. The lowest BCUT2D eigenvalue weighted by molar-refractivity contribution is -0.153. The van der Waals surface area contributed by atoms with Gasteiger partial charge in [-0.2, -0.15) is 0 Å². The summed E-state index contributed by atoms with van der Waals surface area (Å²) >= 11 is 0. The number of amides is 1. The predicted octanol–water partition coefficient (Wildman–Crippen LogP) is 1.10. The first-order valence-corrected chi connectivity index (χ1v) is 5.94. The minimum Gasteiger partial charge on any atom is -0.463 e. The van der Waals surface area contributed by atoms with Crippen molar-refractivity contribution in [3.05, 3.63) is 35.9 Å². The van der Waals surface area contributed by atoms with Gasteiger partial charge in [0.2, 0.25) is 6.10 Å². The number of benzene rings is 1. The maximum absolute atomic E-state index is 11.7. The summed E-state index contributed by atoms with van der Waals surface area (Å²) in [5.74, 6) is 4.68. The zero-order valence-electron chi connectivity index (χ0n) is 11.0. The van der Waals surface area contributed by atoms with Crippen molar-refractivity contribution in [1.29, 1.82) is 0 Å². The van der Waals surface area contributed by atoms with E-state index >= 15 is 0 Å². The van der Waals surface area contributed by atoms with Gasteiger partial charge >= 0.3 is 12.1 Å². The molecule has 0 saturated heterocycles. The van der Waals surface area contributed by atoms with E-state index in [0.29, 0.717) is 0 Å². The van der Waals surface area contributed by atoms with Crippen LogP contribution in [0.2, 0.25) is 0 Å². The lowest BCUT2D eigenvalue weighted by atomic mass is 10.1. The van der Waals surface area contributed by atoms with Gasteiger partial charge < -0.3 is 9.47 Å². The average molecular weight is 266 g/mol. The quantitative estimate of drug-likeness (QED) is 0.373. The van der Waals surface area contributed by atoms with Crippen LogP contribution in [0.15, 0.2) is 30.3 Å². The standard InChI is InChI=1S/C13H18N2O4/c1-3-18-12(16)11(19-13(17)15(2)14)9-10-7-5-4-6-8-10/h4-8,11H,3,9,14H2,1-2H3/t11-/m1/s1. The first kappa shape index (κ1) is 15.0. The van der Waals surface area contributed by atoms with Crippen LogP contribution in [0.3, 0.4) is 0 Å². The summed E-state index contributed by atoms with van der Waals surface area (Å²) in [6, 6.07) is 9.23. The van der Waals surface area contributed by atoms with Crippen molar-refractivity contribution in [2.45, 2.75) is 19.4 Å². The minimum atomic E-state index is -0.999. The monoisotopic (exact) mass is 266 g/mol. The number of carbonyl (C=O) groups is 2. The Morgan fingerprint density at radius 3 is 2.47 bits per heavy atom. The fourth-order valence-corrected chi connectivity index (χ4v) is 1.44. The van der Waals surface area contributed by atoms with Gasteiger partial charge in [0.05, 0.1) is 6.61 Å². The summed E-state index contributed by atoms with van der Waals surface area (Å²) in [6.45, 7) is 1.91. The summed E-state index contributed by atoms with van der Waals surface area (Å²) < 4.78 is 9.90. The molecule has 1 aromatic rings. The largest absolute Gasteiger partial charge is 0.463 e. The zero-order chi connectivity index (χ0) is 14.3. The Balaban J connectivity index is 2.74. The van der Waals surface area contributed by atoms with Crippen molar-refractivity contribution in [2.24, 2.45) is 5.84 Å². The van der Waals surface area contributed by atoms with Crippen LogP contribution in [0.1, 0.15) is 12.5 Å². The van der Waals surface area contributed by atoms with Crippen LogP contribution in [0.4, 0.5) is 4.79 Å². The molecule has 0 aliphatic rings. The molecule has 0 saturated carbocycles. The highest BCUT2D eigenvalue weighted by Gasteiger charge is 2.25. The van der Waals surface area contributed by atoms with E-state index in [-0.39, 0.29) is 13.0 Å². The highest BCUT2D eigenvalue weighted by atomic mass is 16.6. The van der Waals surface area contributed by atoms with Gasteiger partial charge in [-0.25, -0.2) is 20.4 Å². The normalized spacial score (nSPS) is 11.5. The van der Waals surface area contributed by atoms with Crippen LogP contribution in [-0.2, 0) is 20.7 Å². The van der Waals surface area contributed by atoms with Crippen LogP contribution >= 0.6 is 0 Å². The van der Waals surface area contributed by atoms with Gasteiger partial charge in [0, 0.05) is 13.5 Å². The Morgan fingerprint density at radius 1 is 1.32 bits per heavy atom. The second kappa shape index (κ2) is 7.38. The van der Waals surface area contributed by atoms with Gasteiger partial charge in [0.15, 0.2) is 0 Å². The molecule has 0 aromatic heterocycles. The number of hydrogen-bond donors (Lipinski definition) is 1. The van der Waals surface area contributed by atoms with Crippen LogP contribution < -0.4 is 5.84 Å². The molecule has 6 nitrogen and oxygen atoms in total.